The number of furan rings is 1. The predicted octanol–water partition coefficient (Wildman–Crippen LogP) is 1.87. The number of ether oxygens (including phenoxy) is 1. The van der Waals surface area contributed by atoms with Crippen LogP contribution in [0.25, 0.3) is 22.1 Å². The normalized spacial score (nSPS) is 21.2. The van der Waals surface area contributed by atoms with Crippen molar-refractivity contribution >= 4 is 33.9 Å². The molecule has 1 aliphatic heterocycles. The highest BCUT2D eigenvalue weighted by Gasteiger charge is 2.32. The van der Waals surface area contributed by atoms with E-state index >= 15 is 0 Å². The second-order valence-corrected chi connectivity index (χ2v) is 6.13. The quantitative estimate of drug-likeness (QED) is 0.744. The van der Waals surface area contributed by atoms with Gasteiger partial charge >= 0.3 is 5.97 Å². The van der Waals surface area contributed by atoms with Crippen molar-refractivity contribution in [2.75, 3.05) is 19.7 Å². The van der Waals surface area contributed by atoms with Gasteiger partial charge in [0.1, 0.15) is 17.4 Å². The molecule has 1 N–H and O–H groups in total. The van der Waals surface area contributed by atoms with Crippen LogP contribution in [-0.2, 0) is 9.53 Å². The number of carbonyl (C=O) groups is 1. The third-order valence-electron chi connectivity index (χ3n) is 4.70. The number of benzene rings is 1. The Bertz CT molecular complexity index is 881. The summed E-state index contributed by atoms with van der Waals surface area (Å²) in [4.78, 5) is 22.0. The Balaban J connectivity index is 1.62. The zero-order valence-electron chi connectivity index (χ0n) is 13.6. The molecule has 1 aromatic carbocycles. The van der Waals surface area contributed by atoms with Crippen LogP contribution in [0.15, 0.2) is 35.0 Å². The Labute approximate surface area is 139 Å². The van der Waals surface area contributed by atoms with Gasteiger partial charge in [-0.15, -0.1) is 0 Å². The molecular formula is C18H20N3O3+. The zero-order valence-corrected chi connectivity index (χ0v) is 13.6. The van der Waals surface area contributed by atoms with Crippen molar-refractivity contribution in [3.05, 3.63) is 30.6 Å². The summed E-state index contributed by atoms with van der Waals surface area (Å²) >= 11 is 0. The number of para-hydroxylation sites is 1. The van der Waals surface area contributed by atoms with Gasteiger partial charge in [-0.25, -0.2) is 4.98 Å². The third-order valence-corrected chi connectivity index (χ3v) is 4.70. The van der Waals surface area contributed by atoms with Crippen molar-refractivity contribution in [1.29, 1.82) is 0 Å². The summed E-state index contributed by atoms with van der Waals surface area (Å²) in [5.41, 5.74) is 2.44. The lowest BCUT2D eigenvalue weighted by Crippen LogP contribution is -3.08. The molecule has 1 aliphatic rings. The number of hydrogen-bond donors (Lipinski definition) is 1. The molecule has 0 aliphatic carbocycles. The Morgan fingerprint density at radius 2 is 2.08 bits per heavy atom. The van der Waals surface area contributed by atoms with Crippen LogP contribution in [0.5, 0.6) is 0 Å². The number of fused-ring (bicyclic) bond motifs is 3. The van der Waals surface area contributed by atoms with Crippen molar-refractivity contribution in [3.63, 3.8) is 0 Å². The topological polar surface area (TPSA) is 69.7 Å². The van der Waals surface area contributed by atoms with Crippen molar-refractivity contribution in [2.24, 2.45) is 5.92 Å². The second kappa shape index (κ2) is 6.20. The highest BCUT2D eigenvalue weighted by molar-refractivity contribution is 6.04. The van der Waals surface area contributed by atoms with Crippen LogP contribution < -0.4 is 4.90 Å². The molecule has 24 heavy (non-hydrogen) atoms. The van der Waals surface area contributed by atoms with E-state index in [1.807, 2.05) is 31.2 Å². The molecule has 6 nitrogen and oxygen atoms in total. The molecule has 0 spiro atoms. The molecule has 0 amide bonds. The number of aromatic nitrogens is 2. The van der Waals surface area contributed by atoms with E-state index in [-0.39, 0.29) is 11.9 Å². The maximum atomic E-state index is 11.9. The predicted molar refractivity (Wildman–Crippen MR) is 89.0 cm³/mol. The standard InChI is InChI=1S/C18H19N3O3/c1-2-23-18(22)12-7-9-21(10-8-12)17-16-15(19-11-20-17)13-5-3-4-6-14(13)24-16/h3-6,11-12H,2,7-10H2,1H3/p+1. The minimum absolute atomic E-state index is 0.00158. The van der Waals surface area contributed by atoms with Crippen LogP contribution in [0.3, 0.4) is 0 Å². The lowest BCUT2D eigenvalue weighted by molar-refractivity contribution is -0.841. The maximum Gasteiger partial charge on any atom is 0.309 e. The molecule has 0 atom stereocenters. The van der Waals surface area contributed by atoms with Gasteiger partial charge in [-0.05, 0) is 19.1 Å². The van der Waals surface area contributed by atoms with Crippen LogP contribution >= 0.6 is 0 Å². The van der Waals surface area contributed by atoms with Gasteiger partial charge in [0.25, 0.3) is 5.82 Å². The van der Waals surface area contributed by atoms with E-state index in [2.05, 4.69) is 9.97 Å². The molecule has 0 saturated carbocycles. The third kappa shape index (κ3) is 2.53. The molecule has 1 saturated heterocycles. The lowest BCUT2D eigenvalue weighted by Gasteiger charge is -2.26. The Morgan fingerprint density at radius 3 is 2.88 bits per heavy atom. The van der Waals surface area contributed by atoms with E-state index in [0.29, 0.717) is 6.61 Å². The molecule has 0 unspecified atom stereocenters. The average molecular weight is 326 g/mol. The Morgan fingerprint density at radius 1 is 1.29 bits per heavy atom. The van der Waals surface area contributed by atoms with Crippen molar-refractivity contribution in [3.8, 4) is 0 Å². The SMILES string of the molecule is CCOC(=O)C1CC[NH+](c2ncnc3c2oc2ccccc23)CC1. The molecule has 0 bridgehead atoms. The fraction of sp³-hybridized carbons (Fsp3) is 0.389. The number of nitrogens with one attached hydrogen (secondary N) is 1. The average Bonchev–Trinajstić information content (AvgIpc) is 3.01. The van der Waals surface area contributed by atoms with Gasteiger partial charge in [-0.2, -0.15) is 4.98 Å². The number of nitrogens with zero attached hydrogens (tertiary/aromatic N) is 2. The molecule has 2 aromatic heterocycles. The van der Waals surface area contributed by atoms with Gasteiger partial charge < -0.3 is 9.15 Å². The smallest absolute Gasteiger partial charge is 0.309 e. The van der Waals surface area contributed by atoms with Crippen molar-refractivity contribution < 1.29 is 18.8 Å². The first-order valence-electron chi connectivity index (χ1n) is 8.42. The van der Waals surface area contributed by atoms with Gasteiger partial charge in [-0.1, -0.05) is 12.1 Å². The highest BCUT2D eigenvalue weighted by Crippen LogP contribution is 2.29. The van der Waals surface area contributed by atoms with Crippen LogP contribution in [-0.4, -0.2) is 35.6 Å². The zero-order chi connectivity index (χ0) is 16.5. The van der Waals surface area contributed by atoms with Crippen molar-refractivity contribution in [2.45, 2.75) is 19.8 Å². The molecule has 124 valence electrons. The highest BCUT2D eigenvalue weighted by atomic mass is 16.5. The van der Waals surface area contributed by atoms with E-state index in [1.54, 1.807) is 6.33 Å². The van der Waals surface area contributed by atoms with E-state index in [0.717, 1.165) is 53.8 Å². The summed E-state index contributed by atoms with van der Waals surface area (Å²) in [7, 11) is 0. The molecule has 1 fully saturated rings. The summed E-state index contributed by atoms with van der Waals surface area (Å²) in [5, 5.41) is 1.01. The summed E-state index contributed by atoms with van der Waals surface area (Å²) in [5.74, 6) is 0.813. The molecule has 3 aromatic rings. The maximum absolute atomic E-state index is 11.9. The van der Waals surface area contributed by atoms with E-state index < -0.39 is 0 Å². The fourth-order valence-electron chi connectivity index (χ4n) is 3.47. The van der Waals surface area contributed by atoms with Crippen LogP contribution in [0.2, 0.25) is 0 Å². The number of carbonyl (C=O) groups excluding carboxylic acids is 1. The van der Waals surface area contributed by atoms with Crippen LogP contribution in [0, 0.1) is 5.92 Å². The first-order valence-corrected chi connectivity index (χ1v) is 8.42. The molecular weight excluding hydrogens is 306 g/mol. The van der Waals surface area contributed by atoms with Gasteiger partial charge in [0.05, 0.1) is 25.6 Å². The molecule has 0 radical (unpaired) electrons. The molecule has 6 heteroatoms. The van der Waals surface area contributed by atoms with Gasteiger partial charge in [0.2, 0.25) is 5.58 Å². The largest absolute Gasteiger partial charge is 0.466 e. The fourth-order valence-corrected chi connectivity index (χ4v) is 3.47. The lowest BCUT2D eigenvalue weighted by atomic mass is 9.97. The first kappa shape index (κ1) is 15.1. The van der Waals surface area contributed by atoms with Crippen molar-refractivity contribution in [1.82, 2.24) is 9.97 Å². The van der Waals surface area contributed by atoms with Crippen LogP contribution in [0.1, 0.15) is 19.8 Å². The summed E-state index contributed by atoms with van der Waals surface area (Å²) < 4.78 is 11.2. The summed E-state index contributed by atoms with van der Waals surface area (Å²) in [6.45, 7) is 3.97. The second-order valence-electron chi connectivity index (χ2n) is 6.13. The first-order chi connectivity index (χ1) is 11.8. The van der Waals surface area contributed by atoms with Crippen LogP contribution in [0.4, 0.5) is 5.82 Å². The minimum Gasteiger partial charge on any atom is -0.466 e. The Hall–Kier alpha value is -2.47. The van der Waals surface area contributed by atoms with E-state index in [1.165, 1.54) is 4.90 Å². The van der Waals surface area contributed by atoms with Gasteiger partial charge in [0.15, 0.2) is 0 Å². The summed E-state index contributed by atoms with van der Waals surface area (Å²) in [6.07, 6.45) is 3.21. The summed E-state index contributed by atoms with van der Waals surface area (Å²) in [6, 6.07) is 7.90. The Kier molecular flexibility index (Phi) is 3.90. The minimum atomic E-state index is -0.0758. The number of esters is 1. The van der Waals surface area contributed by atoms with E-state index in [9.17, 15) is 4.79 Å². The molecule has 4 rings (SSSR count). The number of hydrogen-bond acceptors (Lipinski definition) is 5. The van der Waals surface area contributed by atoms with Gasteiger partial charge in [0, 0.05) is 18.2 Å². The number of quaternary nitrogens is 1. The van der Waals surface area contributed by atoms with Gasteiger partial charge in [-0.3, -0.25) is 9.69 Å². The monoisotopic (exact) mass is 326 g/mol. The number of piperidine rings is 1. The van der Waals surface area contributed by atoms with E-state index in [4.69, 9.17) is 9.15 Å². The number of rotatable bonds is 3. The molecule has 3 heterocycles.